The summed E-state index contributed by atoms with van der Waals surface area (Å²) in [5, 5.41) is 6.36. The summed E-state index contributed by atoms with van der Waals surface area (Å²) < 4.78 is 20.9. The van der Waals surface area contributed by atoms with Crippen molar-refractivity contribution in [2.24, 2.45) is 11.8 Å². The van der Waals surface area contributed by atoms with Crippen LogP contribution in [0, 0.1) is 17.7 Å². The standard InChI is InChI=1S/C27H33FN4O2/c1-17-7-9-19(10-8-17)24(32-27(33)34-16-18-5-3-2-4-6-18)26-30-22-12-11-21(20-13-14-29-15-20)23(28)25(22)31-26/h2-6,11-12,17,19-20,24,29H,7-10,13-16H2,1H3,(H,30,31)(H,32,33)/t17?,19?,20?,24-/m0/s1. The first-order chi connectivity index (χ1) is 16.6. The molecule has 2 aromatic carbocycles. The van der Waals surface area contributed by atoms with Crippen molar-refractivity contribution in [3.63, 3.8) is 0 Å². The van der Waals surface area contributed by atoms with E-state index in [4.69, 9.17) is 4.74 Å². The van der Waals surface area contributed by atoms with E-state index in [2.05, 4.69) is 27.5 Å². The molecule has 2 heterocycles. The van der Waals surface area contributed by atoms with Gasteiger partial charge in [0.2, 0.25) is 0 Å². The molecule has 34 heavy (non-hydrogen) atoms. The lowest BCUT2D eigenvalue weighted by Gasteiger charge is -2.32. The van der Waals surface area contributed by atoms with Crippen molar-refractivity contribution in [2.75, 3.05) is 13.1 Å². The van der Waals surface area contributed by atoms with E-state index in [9.17, 15) is 4.79 Å². The van der Waals surface area contributed by atoms with E-state index in [0.29, 0.717) is 28.3 Å². The molecule has 1 aromatic heterocycles. The number of imidazole rings is 1. The predicted octanol–water partition coefficient (Wildman–Crippen LogP) is 5.57. The molecule has 1 aliphatic heterocycles. The quantitative estimate of drug-likeness (QED) is 0.445. The molecule has 0 radical (unpaired) electrons. The molecule has 5 rings (SSSR count). The zero-order valence-electron chi connectivity index (χ0n) is 19.6. The highest BCUT2D eigenvalue weighted by Crippen LogP contribution is 2.37. The van der Waals surface area contributed by atoms with Gasteiger partial charge in [-0.15, -0.1) is 0 Å². The molecule has 1 amide bonds. The minimum absolute atomic E-state index is 0.172. The number of carbonyl (C=O) groups excluding carboxylic acids is 1. The van der Waals surface area contributed by atoms with E-state index >= 15 is 4.39 Å². The van der Waals surface area contributed by atoms with E-state index in [1.807, 2.05) is 42.5 Å². The van der Waals surface area contributed by atoms with Crippen molar-refractivity contribution < 1.29 is 13.9 Å². The molecule has 0 spiro atoms. The fourth-order valence-electron chi connectivity index (χ4n) is 5.38. The third-order valence-electron chi connectivity index (χ3n) is 7.45. The first kappa shape index (κ1) is 22.8. The van der Waals surface area contributed by atoms with Crippen LogP contribution in [-0.4, -0.2) is 29.2 Å². The number of nitrogens with zero attached hydrogens (tertiary/aromatic N) is 1. The summed E-state index contributed by atoms with van der Waals surface area (Å²) in [5.74, 6) is 1.43. The summed E-state index contributed by atoms with van der Waals surface area (Å²) in [6.45, 7) is 4.17. The predicted molar refractivity (Wildman–Crippen MR) is 130 cm³/mol. The van der Waals surface area contributed by atoms with Gasteiger partial charge in [0.05, 0.1) is 11.6 Å². The van der Waals surface area contributed by atoms with E-state index in [1.54, 1.807) is 0 Å². The number of hydrogen-bond acceptors (Lipinski definition) is 4. The number of carbonyl (C=O) groups is 1. The number of ether oxygens (including phenoxy) is 1. The van der Waals surface area contributed by atoms with Gasteiger partial charge in [-0.25, -0.2) is 14.2 Å². The monoisotopic (exact) mass is 464 g/mol. The highest BCUT2D eigenvalue weighted by molar-refractivity contribution is 5.77. The second kappa shape index (κ2) is 10.1. The van der Waals surface area contributed by atoms with Gasteiger partial charge < -0.3 is 20.4 Å². The molecule has 6 nitrogen and oxygen atoms in total. The van der Waals surface area contributed by atoms with Gasteiger partial charge in [-0.3, -0.25) is 0 Å². The Morgan fingerprint density at radius 1 is 1.15 bits per heavy atom. The Labute approximate surface area is 199 Å². The van der Waals surface area contributed by atoms with Gasteiger partial charge in [0.25, 0.3) is 0 Å². The van der Waals surface area contributed by atoms with Crippen LogP contribution in [0.5, 0.6) is 0 Å². The maximum atomic E-state index is 15.4. The average molecular weight is 465 g/mol. The number of nitrogens with one attached hydrogen (secondary N) is 3. The third-order valence-corrected chi connectivity index (χ3v) is 7.45. The molecule has 3 N–H and O–H groups in total. The Hall–Kier alpha value is -2.93. The van der Waals surface area contributed by atoms with Crippen LogP contribution in [0.15, 0.2) is 42.5 Å². The van der Waals surface area contributed by atoms with Crippen LogP contribution < -0.4 is 10.6 Å². The molecule has 1 saturated heterocycles. The van der Waals surface area contributed by atoms with Gasteiger partial charge in [-0.1, -0.05) is 56.2 Å². The minimum Gasteiger partial charge on any atom is -0.445 e. The largest absolute Gasteiger partial charge is 0.445 e. The number of rotatable bonds is 6. The Bertz CT molecular complexity index is 1120. The molecule has 7 heteroatoms. The Kier molecular flexibility index (Phi) is 6.81. The van der Waals surface area contributed by atoms with E-state index in [-0.39, 0.29) is 30.3 Å². The fraction of sp³-hybridized carbons (Fsp3) is 0.481. The summed E-state index contributed by atoms with van der Waals surface area (Å²) in [7, 11) is 0. The van der Waals surface area contributed by atoms with Crippen molar-refractivity contribution in [2.45, 2.75) is 57.6 Å². The Morgan fingerprint density at radius 3 is 2.68 bits per heavy atom. The molecule has 180 valence electrons. The van der Waals surface area contributed by atoms with Crippen LogP contribution in [-0.2, 0) is 11.3 Å². The number of halogens is 1. The molecule has 2 atom stereocenters. The molecule has 1 aliphatic carbocycles. The Balaban J connectivity index is 1.38. The van der Waals surface area contributed by atoms with Gasteiger partial charge in [0.15, 0.2) is 5.82 Å². The van der Waals surface area contributed by atoms with Crippen molar-refractivity contribution in [1.82, 2.24) is 20.6 Å². The first-order valence-corrected chi connectivity index (χ1v) is 12.4. The van der Waals surface area contributed by atoms with Gasteiger partial charge in [-0.2, -0.15) is 0 Å². The van der Waals surface area contributed by atoms with Crippen molar-refractivity contribution in [3.05, 3.63) is 65.2 Å². The maximum Gasteiger partial charge on any atom is 0.408 e. The molecule has 1 unspecified atom stereocenters. The summed E-state index contributed by atoms with van der Waals surface area (Å²) in [6.07, 6.45) is 4.64. The van der Waals surface area contributed by atoms with Crippen molar-refractivity contribution in [1.29, 1.82) is 0 Å². The number of aromatic amines is 1. The Morgan fingerprint density at radius 2 is 1.94 bits per heavy atom. The van der Waals surface area contributed by atoms with Crippen LogP contribution in [0.2, 0.25) is 0 Å². The first-order valence-electron chi connectivity index (χ1n) is 12.4. The minimum atomic E-state index is -0.480. The lowest BCUT2D eigenvalue weighted by molar-refractivity contribution is 0.126. The lowest BCUT2D eigenvalue weighted by atomic mass is 9.79. The van der Waals surface area contributed by atoms with Gasteiger partial charge in [0.1, 0.15) is 17.9 Å². The van der Waals surface area contributed by atoms with Gasteiger partial charge >= 0.3 is 6.09 Å². The number of fused-ring (bicyclic) bond motifs is 1. The zero-order chi connectivity index (χ0) is 23.5. The highest BCUT2D eigenvalue weighted by Gasteiger charge is 2.32. The van der Waals surface area contributed by atoms with Gasteiger partial charge in [0, 0.05) is 12.5 Å². The average Bonchev–Trinajstić information content (AvgIpc) is 3.54. The number of H-pyrrole nitrogens is 1. The van der Waals surface area contributed by atoms with Crippen LogP contribution >= 0.6 is 0 Å². The maximum absolute atomic E-state index is 15.4. The van der Waals surface area contributed by atoms with Crippen molar-refractivity contribution >= 4 is 17.1 Å². The molecule has 0 bridgehead atoms. The molecule has 2 aliphatic rings. The lowest BCUT2D eigenvalue weighted by Crippen LogP contribution is -2.36. The number of hydrogen-bond donors (Lipinski definition) is 3. The zero-order valence-corrected chi connectivity index (χ0v) is 19.6. The van der Waals surface area contributed by atoms with Crippen LogP contribution in [0.1, 0.15) is 67.9 Å². The molecular weight excluding hydrogens is 431 g/mol. The summed E-state index contributed by atoms with van der Waals surface area (Å²) >= 11 is 0. The summed E-state index contributed by atoms with van der Waals surface area (Å²) in [6, 6.07) is 13.0. The van der Waals surface area contributed by atoms with Crippen LogP contribution in [0.4, 0.5) is 9.18 Å². The SMILES string of the molecule is CC1CCC([C@H](NC(=O)OCc2ccccc2)c2nc3c(F)c(C4CCNC4)ccc3[nH]2)CC1. The normalized spacial score (nSPS) is 23.6. The van der Waals surface area contributed by atoms with E-state index in [0.717, 1.165) is 50.8 Å². The number of alkyl carbamates (subject to hydrolysis) is 1. The number of amides is 1. The highest BCUT2D eigenvalue weighted by atomic mass is 19.1. The fourth-order valence-corrected chi connectivity index (χ4v) is 5.38. The van der Waals surface area contributed by atoms with Crippen LogP contribution in [0.25, 0.3) is 11.0 Å². The van der Waals surface area contributed by atoms with Crippen LogP contribution in [0.3, 0.4) is 0 Å². The topological polar surface area (TPSA) is 79.0 Å². The van der Waals surface area contributed by atoms with Crippen molar-refractivity contribution in [3.8, 4) is 0 Å². The number of benzene rings is 2. The van der Waals surface area contributed by atoms with E-state index in [1.165, 1.54) is 0 Å². The third kappa shape index (κ3) is 4.94. The molecule has 3 aromatic rings. The molecule has 1 saturated carbocycles. The summed E-state index contributed by atoms with van der Waals surface area (Å²) in [4.78, 5) is 20.8. The molecule has 2 fully saturated rings. The van der Waals surface area contributed by atoms with Gasteiger partial charge in [-0.05, 0) is 54.8 Å². The second-order valence-electron chi connectivity index (χ2n) is 9.88. The second-order valence-corrected chi connectivity index (χ2v) is 9.88. The molecular formula is C27H33FN4O2. The smallest absolute Gasteiger partial charge is 0.408 e. The van der Waals surface area contributed by atoms with E-state index < -0.39 is 6.09 Å². The summed E-state index contributed by atoms with van der Waals surface area (Å²) in [5.41, 5.74) is 2.66. The number of aromatic nitrogens is 2.